The minimum Gasteiger partial charge on any atom is -0.488 e. The summed E-state index contributed by atoms with van der Waals surface area (Å²) in [6, 6.07) is 18.6. The van der Waals surface area contributed by atoms with Gasteiger partial charge in [-0.15, -0.1) is 0 Å². The van der Waals surface area contributed by atoms with E-state index in [2.05, 4.69) is 43.5 Å². The Kier molecular flexibility index (Phi) is 5.68. The van der Waals surface area contributed by atoms with Gasteiger partial charge in [0.2, 0.25) is 0 Å². The topological polar surface area (TPSA) is 18.5 Å². The van der Waals surface area contributed by atoms with E-state index >= 15 is 0 Å². The van der Waals surface area contributed by atoms with Gasteiger partial charge in [0.05, 0.1) is 20.3 Å². The summed E-state index contributed by atoms with van der Waals surface area (Å²) in [7, 11) is 2.28. The molecule has 0 bridgehead atoms. The van der Waals surface area contributed by atoms with Gasteiger partial charge in [-0.2, -0.15) is 0 Å². The molecule has 0 atom stereocenters. The highest BCUT2D eigenvalue weighted by Crippen LogP contribution is 2.15. The van der Waals surface area contributed by atoms with Crippen LogP contribution in [0.5, 0.6) is 5.75 Å². The molecule has 0 spiro atoms. The summed E-state index contributed by atoms with van der Waals surface area (Å²) >= 11 is 0. The summed E-state index contributed by atoms with van der Waals surface area (Å²) < 4.78 is 12.4. The first-order chi connectivity index (χ1) is 11.7. The Hall–Kier alpha value is -2.10. The largest absolute Gasteiger partial charge is 0.488 e. The van der Waals surface area contributed by atoms with Gasteiger partial charge in [0.15, 0.2) is 0 Å². The molecule has 1 aliphatic heterocycles. The van der Waals surface area contributed by atoms with Gasteiger partial charge in [-0.25, -0.2) is 0 Å². The fourth-order valence-electron chi connectivity index (χ4n) is 2.82. The third kappa shape index (κ3) is 4.95. The maximum absolute atomic E-state index is 5.91. The quantitative estimate of drug-likeness (QED) is 0.596. The van der Waals surface area contributed by atoms with Crippen molar-refractivity contribution in [2.24, 2.45) is 0 Å². The Bertz CT molecular complexity index is 643. The Balaban J connectivity index is 1.48. The lowest BCUT2D eigenvalue weighted by Crippen LogP contribution is -2.53. The molecule has 1 fully saturated rings. The molecule has 3 heteroatoms. The van der Waals surface area contributed by atoms with Crippen molar-refractivity contribution in [3.05, 3.63) is 65.7 Å². The van der Waals surface area contributed by atoms with E-state index in [-0.39, 0.29) is 0 Å². The van der Waals surface area contributed by atoms with Gasteiger partial charge in [0.25, 0.3) is 0 Å². The number of hydrogen-bond acceptors (Lipinski definition) is 2. The zero-order chi connectivity index (χ0) is 16.7. The lowest BCUT2D eigenvalue weighted by molar-refractivity contribution is -0.916. The van der Waals surface area contributed by atoms with E-state index in [1.54, 1.807) is 0 Å². The number of likely N-dealkylation sites (N-methyl/N-ethyl adjacent to an activating group) is 1. The Morgan fingerprint density at radius 1 is 0.917 bits per heavy atom. The first-order valence-electron chi connectivity index (χ1n) is 8.61. The van der Waals surface area contributed by atoms with Crippen molar-refractivity contribution in [1.82, 2.24) is 0 Å². The molecule has 3 nitrogen and oxygen atoms in total. The molecule has 0 amide bonds. The van der Waals surface area contributed by atoms with Gasteiger partial charge in [-0.1, -0.05) is 54.6 Å². The van der Waals surface area contributed by atoms with Crippen LogP contribution in [0.1, 0.15) is 11.1 Å². The summed E-state index contributed by atoms with van der Waals surface area (Å²) in [6.45, 7) is 5.64. The first kappa shape index (κ1) is 16.7. The highest BCUT2D eigenvalue weighted by atomic mass is 16.5. The Morgan fingerprint density at radius 2 is 1.54 bits per heavy atom. The van der Waals surface area contributed by atoms with Crippen LogP contribution >= 0.6 is 0 Å². The molecule has 1 aliphatic rings. The molecule has 0 aromatic heterocycles. The highest BCUT2D eigenvalue weighted by Gasteiger charge is 2.24. The van der Waals surface area contributed by atoms with Crippen molar-refractivity contribution in [2.75, 3.05) is 46.5 Å². The van der Waals surface area contributed by atoms with Crippen LogP contribution in [0.15, 0.2) is 54.6 Å². The standard InChI is InChI=1S/C21H26NO2/c1-22(13-16-23-17-14-22)15-18-24-21-11-9-20(10-12-21)8-7-19-5-3-2-4-6-19/h2-12H,13-18H2,1H3/q+1/b8-7+. The predicted molar refractivity (Wildman–Crippen MR) is 98.9 cm³/mol. The van der Waals surface area contributed by atoms with E-state index in [9.17, 15) is 0 Å². The summed E-state index contributed by atoms with van der Waals surface area (Å²) in [6.07, 6.45) is 4.25. The molecule has 0 unspecified atom stereocenters. The summed E-state index contributed by atoms with van der Waals surface area (Å²) in [5, 5.41) is 0. The Labute approximate surface area is 144 Å². The van der Waals surface area contributed by atoms with Crippen molar-refractivity contribution in [2.45, 2.75) is 0 Å². The van der Waals surface area contributed by atoms with Crippen molar-refractivity contribution in [3.63, 3.8) is 0 Å². The first-order valence-corrected chi connectivity index (χ1v) is 8.61. The van der Waals surface area contributed by atoms with Crippen LogP contribution in [-0.2, 0) is 4.74 Å². The smallest absolute Gasteiger partial charge is 0.137 e. The van der Waals surface area contributed by atoms with Crippen molar-refractivity contribution in [1.29, 1.82) is 0 Å². The third-order valence-electron chi connectivity index (χ3n) is 4.60. The monoisotopic (exact) mass is 324 g/mol. The fraction of sp³-hybridized carbons (Fsp3) is 0.333. The number of ether oxygens (including phenoxy) is 2. The normalized spacial score (nSPS) is 17.0. The van der Waals surface area contributed by atoms with Gasteiger partial charge < -0.3 is 14.0 Å². The van der Waals surface area contributed by atoms with Gasteiger partial charge in [0.1, 0.15) is 32.0 Å². The molecule has 2 aromatic rings. The molecule has 3 rings (SSSR count). The van der Waals surface area contributed by atoms with Crippen LogP contribution in [0.25, 0.3) is 12.2 Å². The molecule has 24 heavy (non-hydrogen) atoms. The number of nitrogens with zero attached hydrogens (tertiary/aromatic N) is 1. The van der Waals surface area contributed by atoms with E-state index in [0.29, 0.717) is 0 Å². The van der Waals surface area contributed by atoms with Crippen LogP contribution in [-0.4, -0.2) is 51.0 Å². The minimum absolute atomic E-state index is 0.746. The van der Waals surface area contributed by atoms with Crippen LogP contribution in [0.4, 0.5) is 0 Å². The maximum atomic E-state index is 5.91. The minimum atomic E-state index is 0.746. The molecule has 0 aliphatic carbocycles. The van der Waals surface area contributed by atoms with Gasteiger partial charge in [-0.3, -0.25) is 0 Å². The Morgan fingerprint density at radius 3 is 2.21 bits per heavy atom. The van der Waals surface area contributed by atoms with Crippen LogP contribution in [0.2, 0.25) is 0 Å². The average molecular weight is 324 g/mol. The van der Waals surface area contributed by atoms with E-state index in [4.69, 9.17) is 9.47 Å². The molecule has 2 aromatic carbocycles. The van der Waals surface area contributed by atoms with E-state index in [1.807, 2.05) is 30.3 Å². The average Bonchev–Trinajstić information content (AvgIpc) is 2.62. The number of rotatable bonds is 6. The van der Waals surface area contributed by atoms with Crippen molar-refractivity contribution >= 4 is 12.2 Å². The summed E-state index contributed by atoms with van der Waals surface area (Å²) in [4.78, 5) is 0. The molecule has 126 valence electrons. The summed E-state index contributed by atoms with van der Waals surface area (Å²) in [5.74, 6) is 0.937. The van der Waals surface area contributed by atoms with E-state index in [0.717, 1.165) is 49.7 Å². The molecule has 1 heterocycles. The zero-order valence-electron chi connectivity index (χ0n) is 14.4. The van der Waals surface area contributed by atoms with E-state index in [1.165, 1.54) is 11.1 Å². The lowest BCUT2D eigenvalue weighted by atomic mass is 10.1. The van der Waals surface area contributed by atoms with Crippen LogP contribution in [0, 0.1) is 0 Å². The molecule has 1 saturated heterocycles. The molecular weight excluding hydrogens is 298 g/mol. The number of morpholine rings is 1. The summed E-state index contributed by atoms with van der Waals surface area (Å²) in [5.41, 5.74) is 2.39. The molecule has 0 saturated carbocycles. The highest BCUT2D eigenvalue weighted by molar-refractivity contribution is 5.69. The van der Waals surface area contributed by atoms with Gasteiger partial charge >= 0.3 is 0 Å². The second kappa shape index (κ2) is 8.13. The predicted octanol–water partition coefficient (Wildman–Crippen LogP) is 3.71. The second-order valence-corrected chi connectivity index (χ2v) is 6.56. The maximum Gasteiger partial charge on any atom is 0.137 e. The fourth-order valence-corrected chi connectivity index (χ4v) is 2.82. The van der Waals surface area contributed by atoms with Gasteiger partial charge in [-0.05, 0) is 23.3 Å². The third-order valence-corrected chi connectivity index (χ3v) is 4.60. The molecule has 0 N–H and O–H groups in total. The van der Waals surface area contributed by atoms with E-state index < -0.39 is 0 Å². The molecular formula is C21H26NO2+. The van der Waals surface area contributed by atoms with Crippen molar-refractivity contribution < 1.29 is 14.0 Å². The second-order valence-electron chi connectivity index (χ2n) is 6.56. The SMILES string of the molecule is C[N+]1(CCOc2ccc(/C=C/c3ccccc3)cc2)CCOCC1. The number of benzene rings is 2. The number of hydrogen-bond donors (Lipinski definition) is 0. The zero-order valence-corrected chi connectivity index (χ0v) is 14.4. The van der Waals surface area contributed by atoms with Crippen LogP contribution in [0.3, 0.4) is 0 Å². The number of quaternary nitrogens is 1. The van der Waals surface area contributed by atoms with Crippen molar-refractivity contribution in [3.8, 4) is 5.75 Å². The van der Waals surface area contributed by atoms with Crippen LogP contribution < -0.4 is 4.74 Å². The van der Waals surface area contributed by atoms with Gasteiger partial charge in [0, 0.05) is 0 Å². The lowest BCUT2D eigenvalue weighted by Gasteiger charge is -2.37. The molecule has 0 radical (unpaired) electrons.